The molecule has 2 aliphatic rings. The molecular weight excluding hydrogens is 368 g/mol. The molecule has 162 valence electrons. The van der Waals surface area contributed by atoms with Crippen LogP contribution in [0.1, 0.15) is 71.9 Å². The largest absolute Gasteiger partial charge is 0.336 e. The third kappa shape index (κ3) is 5.50. The molecule has 0 aromatic carbocycles. The number of nitrogens with zero attached hydrogens (tertiary/aromatic N) is 2. The van der Waals surface area contributed by atoms with E-state index < -0.39 is 0 Å². The Kier molecular flexibility index (Phi) is 6.51. The lowest BCUT2D eigenvalue weighted by molar-refractivity contribution is -0.119. The van der Waals surface area contributed by atoms with Gasteiger partial charge in [0.2, 0.25) is 5.91 Å². The molecule has 2 fully saturated rings. The number of hydrogen-bond donors (Lipinski definition) is 4. The lowest BCUT2D eigenvalue weighted by Crippen LogP contribution is -2.43. The van der Waals surface area contributed by atoms with E-state index in [-0.39, 0.29) is 41.4 Å². The molecule has 0 spiro atoms. The minimum absolute atomic E-state index is 0.0151. The number of anilines is 1. The Bertz CT molecular complexity index is 730. The lowest BCUT2D eigenvalue weighted by atomic mass is 10.0. The summed E-state index contributed by atoms with van der Waals surface area (Å²) in [6, 6.07) is 2.19. The van der Waals surface area contributed by atoms with Crippen molar-refractivity contribution in [2.24, 2.45) is 5.92 Å². The summed E-state index contributed by atoms with van der Waals surface area (Å²) in [4.78, 5) is 24.6. The van der Waals surface area contributed by atoms with Crippen molar-refractivity contribution in [3.8, 4) is 0 Å². The van der Waals surface area contributed by atoms with Gasteiger partial charge in [0.15, 0.2) is 0 Å². The fourth-order valence-electron chi connectivity index (χ4n) is 4.18. The molecule has 3 amide bonds. The molecule has 3 atom stereocenters. The van der Waals surface area contributed by atoms with Gasteiger partial charge in [0, 0.05) is 30.6 Å². The fraction of sp³-hybridized carbons (Fsp3) is 0.762. The zero-order valence-corrected chi connectivity index (χ0v) is 18.3. The van der Waals surface area contributed by atoms with Gasteiger partial charge < -0.3 is 21.3 Å². The molecule has 1 saturated carbocycles. The zero-order valence-electron chi connectivity index (χ0n) is 18.3. The van der Waals surface area contributed by atoms with E-state index in [0.29, 0.717) is 0 Å². The summed E-state index contributed by atoms with van der Waals surface area (Å²) in [5.74, 6) is 1.12. The highest BCUT2D eigenvalue weighted by Crippen LogP contribution is 2.36. The highest BCUT2D eigenvalue weighted by atomic mass is 16.2. The van der Waals surface area contributed by atoms with Crippen molar-refractivity contribution in [2.45, 2.75) is 83.8 Å². The SMILES string of the molecule is CC(C)NC(=O)N[C@@H]1CC[C@H](c2cc(NC(=O)[C@H]3CCNC3)n(C(C)(C)C)n2)C1. The van der Waals surface area contributed by atoms with Crippen LogP contribution < -0.4 is 21.3 Å². The molecule has 1 saturated heterocycles. The van der Waals surface area contributed by atoms with Crippen molar-refractivity contribution in [1.29, 1.82) is 0 Å². The predicted molar refractivity (Wildman–Crippen MR) is 114 cm³/mol. The van der Waals surface area contributed by atoms with Gasteiger partial charge in [0.05, 0.1) is 17.2 Å². The van der Waals surface area contributed by atoms with E-state index in [9.17, 15) is 9.59 Å². The van der Waals surface area contributed by atoms with E-state index in [1.807, 2.05) is 24.6 Å². The van der Waals surface area contributed by atoms with Crippen LogP contribution in [0.5, 0.6) is 0 Å². The fourth-order valence-corrected chi connectivity index (χ4v) is 4.18. The summed E-state index contributed by atoms with van der Waals surface area (Å²) < 4.78 is 1.93. The van der Waals surface area contributed by atoms with Crippen LogP contribution in [0.25, 0.3) is 0 Å². The van der Waals surface area contributed by atoms with Crippen LogP contribution in [-0.4, -0.2) is 46.9 Å². The lowest BCUT2D eigenvalue weighted by Gasteiger charge is -2.23. The van der Waals surface area contributed by atoms with Crippen molar-refractivity contribution >= 4 is 17.8 Å². The van der Waals surface area contributed by atoms with Gasteiger partial charge in [-0.3, -0.25) is 4.79 Å². The van der Waals surface area contributed by atoms with Gasteiger partial charge in [-0.1, -0.05) is 0 Å². The summed E-state index contributed by atoms with van der Waals surface area (Å²) in [5.41, 5.74) is 0.760. The van der Waals surface area contributed by atoms with E-state index in [4.69, 9.17) is 5.10 Å². The number of nitrogens with one attached hydrogen (secondary N) is 4. The molecule has 8 heteroatoms. The normalized spacial score (nSPS) is 24.7. The van der Waals surface area contributed by atoms with Gasteiger partial charge in [-0.05, 0) is 66.8 Å². The number of carbonyl (C=O) groups is 2. The van der Waals surface area contributed by atoms with Crippen LogP contribution in [-0.2, 0) is 10.3 Å². The molecule has 0 radical (unpaired) electrons. The first-order valence-electron chi connectivity index (χ1n) is 10.8. The van der Waals surface area contributed by atoms with E-state index in [1.54, 1.807) is 0 Å². The Balaban J connectivity index is 1.69. The van der Waals surface area contributed by atoms with Crippen molar-refractivity contribution < 1.29 is 9.59 Å². The summed E-state index contributed by atoms with van der Waals surface area (Å²) in [6.45, 7) is 11.8. The van der Waals surface area contributed by atoms with Crippen LogP contribution >= 0.6 is 0 Å². The molecule has 1 aromatic rings. The Morgan fingerprint density at radius 1 is 1.24 bits per heavy atom. The molecule has 29 heavy (non-hydrogen) atoms. The molecule has 2 heterocycles. The van der Waals surface area contributed by atoms with Gasteiger partial charge in [-0.2, -0.15) is 5.10 Å². The number of carbonyl (C=O) groups excluding carboxylic acids is 2. The highest BCUT2D eigenvalue weighted by molar-refractivity contribution is 5.92. The topological polar surface area (TPSA) is 100 Å². The van der Waals surface area contributed by atoms with E-state index >= 15 is 0 Å². The number of amides is 3. The summed E-state index contributed by atoms with van der Waals surface area (Å²) in [5, 5.41) is 17.2. The quantitative estimate of drug-likeness (QED) is 0.606. The molecule has 0 unspecified atom stereocenters. The average Bonchev–Trinajstić information content (AvgIpc) is 3.33. The molecule has 1 aromatic heterocycles. The predicted octanol–water partition coefficient (Wildman–Crippen LogP) is 2.53. The second-order valence-corrected chi connectivity index (χ2v) is 9.70. The Morgan fingerprint density at radius 3 is 2.62 bits per heavy atom. The van der Waals surface area contributed by atoms with Crippen LogP contribution in [0.2, 0.25) is 0 Å². The van der Waals surface area contributed by atoms with E-state index in [2.05, 4.69) is 42.0 Å². The van der Waals surface area contributed by atoms with Crippen LogP contribution in [0.15, 0.2) is 6.07 Å². The zero-order chi connectivity index (χ0) is 21.2. The third-order valence-corrected chi connectivity index (χ3v) is 5.65. The minimum atomic E-state index is -0.234. The third-order valence-electron chi connectivity index (χ3n) is 5.65. The van der Waals surface area contributed by atoms with Crippen molar-refractivity contribution in [2.75, 3.05) is 18.4 Å². The number of hydrogen-bond acceptors (Lipinski definition) is 4. The van der Waals surface area contributed by atoms with Gasteiger partial charge in [-0.25, -0.2) is 9.48 Å². The van der Waals surface area contributed by atoms with E-state index in [0.717, 1.165) is 50.3 Å². The van der Waals surface area contributed by atoms with Gasteiger partial charge in [0.1, 0.15) is 5.82 Å². The number of rotatable bonds is 5. The first-order valence-corrected chi connectivity index (χ1v) is 10.8. The smallest absolute Gasteiger partial charge is 0.315 e. The molecule has 1 aliphatic carbocycles. The van der Waals surface area contributed by atoms with Crippen molar-refractivity contribution in [3.63, 3.8) is 0 Å². The van der Waals surface area contributed by atoms with Crippen molar-refractivity contribution in [3.05, 3.63) is 11.8 Å². The monoisotopic (exact) mass is 404 g/mol. The Morgan fingerprint density at radius 2 is 2.00 bits per heavy atom. The number of aromatic nitrogens is 2. The van der Waals surface area contributed by atoms with Crippen LogP contribution in [0, 0.1) is 5.92 Å². The summed E-state index contributed by atoms with van der Waals surface area (Å²) in [7, 11) is 0. The second kappa shape index (κ2) is 8.73. The molecule has 4 N–H and O–H groups in total. The first kappa shape index (κ1) is 21.6. The maximum absolute atomic E-state index is 12.6. The summed E-state index contributed by atoms with van der Waals surface area (Å²) >= 11 is 0. The maximum atomic E-state index is 12.6. The average molecular weight is 405 g/mol. The van der Waals surface area contributed by atoms with Crippen molar-refractivity contribution in [1.82, 2.24) is 25.7 Å². The standard InChI is InChI=1S/C21H36N6O2/c1-13(2)23-20(29)24-16-7-6-14(10-16)17-11-18(27(26-17)21(3,4)5)25-19(28)15-8-9-22-12-15/h11,13-16,22H,6-10,12H2,1-5H3,(H,25,28)(H2,23,24,29)/t14-,15-,16+/m0/s1. The second-order valence-electron chi connectivity index (χ2n) is 9.70. The van der Waals surface area contributed by atoms with Crippen LogP contribution in [0.4, 0.5) is 10.6 Å². The molecule has 0 bridgehead atoms. The number of urea groups is 1. The molecule has 8 nitrogen and oxygen atoms in total. The van der Waals surface area contributed by atoms with E-state index in [1.165, 1.54) is 0 Å². The maximum Gasteiger partial charge on any atom is 0.315 e. The van der Waals surface area contributed by atoms with Crippen LogP contribution in [0.3, 0.4) is 0 Å². The molecular formula is C21H36N6O2. The Hall–Kier alpha value is -2.09. The van der Waals surface area contributed by atoms with Gasteiger partial charge in [0.25, 0.3) is 0 Å². The van der Waals surface area contributed by atoms with Gasteiger partial charge in [-0.15, -0.1) is 0 Å². The minimum Gasteiger partial charge on any atom is -0.336 e. The Labute approximate surface area is 173 Å². The molecule has 3 rings (SSSR count). The first-order chi connectivity index (χ1) is 13.6. The summed E-state index contributed by atoms with van der Waals surface area (Å²) in [6.07, 6.45) is 3.66. The highest BCUT2D eigenvalue weighted by Gasteiger charge is 2.32. The molecule has 1 aliphatic heterocycles. The van der Waals surface area contributed by atoms with Gasteiger partial charge >= 0.3 is 6.03 Å².